The van der Waals surface area contributed by atoms with E-state index in [0.29, 0.717) is 0 Å². The van der Waals surface area contributed by atoms with Gasteiger partial charge in [0, 0.05) is 33.2 Å². The molecule has 0 saturated carbocycles. The first-order valence-corrected chi connectivity index (χ1v) is 16.4. The number of para-hydroxylation sites is 2. The number of benzene rings is 7. The molecule has 2 nitrogen and oxygen atoms in total. The zero-order valence-electron chi connectivity index (χ0n) is 26.6. The monoisotopic (exact) mass is 602 g/mol. The summed E-state index contributed by atoms with van der Waals surface area (Å²) < 4.78 is 2.48. The van der Waals surface area contributed by atoms with Gasteiger partial charge in [0.1, 0.15) is 0 Å². The van der Waals surface area contributed by atoms with Crippen molar-refractivity contribution >= 4 is 38.9 Å². The van der Waals surface area contributed by atoms with Gasteiger partial charge in [0.05, 0.1) is 16.7 Å². The second-order valence-electron chi connectivity index (χ2n) is 13.0. The second-order valence-corrected chi connectivity index (χ2v) is 13.0. The highest BCUT2D eigenvalue weighted by Gasteiger charge is 2.35. The smallest absolute Gasteiger partial charge is 0.0582 e. The van der Waals surface area contributed by atoms with Gasteiger partial charge in [-0.25, -0.2) is 0 Å². The van der Waals surface area contributed by atoms with E-state index in [1.807, 2.05) is 0 Å². The Balaban J connectivity index is 1.22. The van der Waals surface area contributed by atoms with E-state index < -0.39 is 0 Å². The van der Waals surface area contributed by atoms with E-state index in [-0.39, 0.29) is 5.41 Å². The molecule has 0 fully saturated rings. The summed E-state index contributed by atoms with van der Waals surface area (Å²) in [5, 5.41) is 2.62. The SMILES string of the molecule is CC1(C)c2cc(N(c3ccc(-c4ccccc4)cc3)c3ccc(-c4ccccc4)cc3)ccc2-n2c3ccccc3c3cccc1c32. The third-order valence-electron chi connectivity index (χ3n) is 9.99. The van der Waals surface area contributed by atoms with Gasteiger partial charge < -0.3 is 9.47 Å². The van der Waals surface area contributed by atoms with Gasteiger partial charge in [0.15, 0.2) is 0 Å². The van der Waals surface area contributed by atoms with E-state index in [4.69, 9.17) is 0 Å². The van der Waals surface area contributed by atoms with E-state index in [2.05, 4.69) is 193 Å². The number of nitrogens with zero attached hydrogens (tertiary/aromatic N) is 2. The van der Waals surface area contributed by atoms with Crippen LogP contribution in [0.1, 0.15) is 25.0 Å². The summed E-state index contributed by atoms with van der Waals surface area (Å²) in [5.41, 5.74) is 14.6. The lowest BCUT2D eigenvalue weighted by Gasteiger charge is -2.36. The third-order valence-corrected chi connectivity index (χ3v) is 9.99. The van der Waals surface area contributed by atoms with Crippen LogP contribution in [0.3, 0.4) is 0 Å². The number of aromatic nitrogens is 1. The van der Waals surface area contributed by atoms with Crippen LogP contribution in [-0.4, -0.2) is 4.57 Å². The predicted octanol–water partition coefficient (Wildman–Crippen LogP) is 12.2. The summed E-state index contributed by atoms with van der Waals surface area (Å²) in [6.45, 7) is 4.75. The van der Waals surface area contributed by atoms with Crippen LogP contribution in [0.25, 0.3) is 49.7 Å². The first-order valence-electron chi connectivity index (χ1n) is 16.4. The van der Waals surface area contributed by atoms with Crippen molar-refractivity contribution in [3.63, 3.8) is 0 Å². The van der Waals surface area contributed by atoms with Crippen molar-refractivity contribution in [2.45, 2.75) is 19.3 Å². The molecule has 47 heavy (non-hydrogen) atoms. The lowest BCUT2D eigenvalue weighted by atomic mass is 9.74. The summed E-state index contributed by atoms with van der Waals surface area (Å²) in [4.78, 5) is 2.39. The van der Waals surface area contributed by atoms with Crippen LogP contribution in [0.15, 0.2) is 170 Å². The molecule has 2 heterocycles. The van der Waals surface area contributed by atoms with E-state index in [0.717, 1.165) is 17.1 Å². The Labute approximate surface area is 275 Å². The summed E-state index contributed by atoms with van der Waals surface area (Å²) in [6, 6.07) is 61.8. The van der Waals surface area contributed by atoms with E-state index >= 15 is 0 Å². The van der Waals surface area contributed by atoms with Gasteiger partial charge in [-0.15, -0.1) is 0 Å². The summed E-state index contributed by atoms with van der Waals surface area (Å²) in [5.74, 6) is 0. The van der Waals surface area contributed by atoms with Crippen molar-refractivity contribution in [3.8, 4) is 27.9 Å². The highest BCUT2D eigenvalue weighted by molar-refractivity contribution is 6.11. The summed E-state index contributed by atoms with van der Waals surface area (Å²) in [7, 11) is 0. The molecule has 1 aromatic heterocycles. The van der Waals surface area contributed by atoms with Crippen molar-refractivity contribution < 1.29 is 0 Å². The Hall–Kier alpha value is -5.86. The Bertz CT molecular complexity index is 2320. The average Bonchev–Trinajstić information content (AvgIpc) is 3.47. The lowest BCUT2D eigenvalue weighted by Crippen LogP contribution is -2.26. The zero-order valence-corrected chi connectivity index (χ0v) is 26.6. The summed E-state index contributed by atoms with van der Waals surface area (Å²) in [6.07, 6.45) is 0. The van der Waals surface area contributed by atoms with Crippen molar-refractivity contribution in [3.05, 3.63) is 181 Å². The molecular weight excluding hydrogens is 569 g/mol. The highest BCUT2D eigenvalue weighted by Crippen LogP contribution is 2.49. The van der Waals surface area contributed by atoms with Crippen LogP contribution in [0.4, 0.5) is 17.1 Å². The lowest BCUT2D eigenvalue weighted by molar-refractivity contribution is 0.630. The topological polar surface area (TPSA) is 8.17 Å². The van der Waals surface area contributed by atoms with Gasteiger partial charge in [-0.05, 0) is 81.9 Å². The molecule has 0 spiro atoms. The fourth-order valence-corrected chi connectivity index (χ4v) is 7.59. The average molecular weight is 603 g/mol. The van der Waals surface area contributed by atoms with Gasteiger partial charge >= 0.3 is 0 Å². The Morgan fingerprint density at radius 2 is 0.936 bits per heavy atom. The van der Waals surface area contributed by atoms with Crippen molar-refractivity contribution in [2.24, 2.45) is 0 Å². The molecule has 224 valence electrons. The first kappa shape index (κ1) is 27.5. The minimum absolute atomic E-state index is 0.185. The molecule has 2 heteroatoms. The molecule has 1 aliphatic rings. The molecule has 0 unspecified atom stereocenters. The number of rotatable bonds is 5. The first-order chi connectivity index (χ1) is 23.1. The molecule has 0 N–H and O–H groups in total. The largest absolute Gasteiger partial charge is 0.310 e. The van der Waals surface area contributed by atoms with Crippen molar-refractivity contribution in [1.29, 1.82) is 0 Å². The fraction of sp³-hybridized carbons (Fsp3) is 0.0667. The van der Waals surface area contributed by atoms with Crippen LogP contribution in [0.5, 0.6) is 0 Å². The molecule has 0 bridgehead atoms. The van der Waals surface area contributed by atoms with Gasteiger partial charge in [0.25, 0.3) is 0 Å². The number of fused-ring (bicyclic) bond motifs is 5. The van der Waals surface area contributed by atoms with Crippen LogP contribution in [0.2, 0.25) is 0 Å². The van der Waals surface area contributed by atoms with Crippen LogP contribution in [-0.2, 0) is 5.41 Å². The van der Waals surface area contributed by atoms with Crippen LogP contribution < -0.4 is 4.90 Å². The van der Waals surface area contributed by atoms with Gasteiger partial charge in [-0.1, -0.05) is 135 Å². The molecule has 0 amide bonds. The minimum Gasteiger partial charge on any atom is -0.310 e. The Morgan fingerprint density at radius 3 is 1.55 bits per heavy atom. The molecule has 0 saturated heterocycles. The van der Waals surface area contributed by atoms with Crippen molar-refractivity contribution in [2.75, 3.05) is 4.90 Å². The molecule has 7 aromatic carbocycles. The van der Waals surface area contributed by atoms with Crippen LogP contribution >= 0.6 is 0 Å². The predicted molar refractivity (Wildman–Crippen MR) is 198 cm³/mol. The standard InChI is InChI=1S/C45H34N2/c1-45(2)40-18-11-17-39-38-16-9-10-19-42(38)47(44(39)40)43-29-28-37(30-41(43)45)46(35-24-20-33(21-25-35)31-12-5-3-6-13-31)36-26-22-34(23-27-36)32-14-7-4-8-15-32/h3-30H,1-2H3. The zero-order chi connectivity index (χ0) is 31.5. The van der Waals surface area contributed by atoms with E-state index in [9.17, 15) is 0 Å². The van der Waals surface area contributed by atoms with Crippen molar-refractivity contribution in [1.82, 2.24) is 4.57 Å². The summed E-state index contributed by atoms with van der Waals surface area (Å²) >= 11 is 0. The van der Waals surface area contributed by atoms with Gasteiger partial charge in [-0.2, -0.15) is 0 Å². The van der Waals surface area contributed by atoms with Gasteiger partial charge in [0.2, 0.25) is 0 Å². The molecule has 0 atom stereocenters. The fourth-order valence-electron chi connectivity index (χ4n) is 7.59. The number of hydrogen-bond acceptors (Lipinski definition) is 1. The molecule has 1 aliphatic heterocycles. The molecule has 0 radical (unpaired) electrons. The molecule has 9 rings (SSSR count). The van der Waals surface area contributed by atoms with E-state index in [1.54, 1.807) is 0 Å². The highest BCUT2D eigenvalue weighted by atomic mass is 15.1. The molecule has 0 aliphatic carbocycles. The van der Waals surface area contributed by atoms with E-state index in [1.165, 1.54) is 60.9 Å². The maximum Gasteiger partial charge on any atom is 0.0582 e. The molecule has 8 aromatic rings. The quantitative estimate of drug-likeness (QED) is 0.190. The molecular formula is C45H34N2. The number of hydrogen-bond donors (Lipinski definition) is 0. The van der Waals surface area contributed by atoms with Gasteiger partial charge in [-0.3, -0.25) is 0 Å². The minimum atomic E-state index is -0.185. The van der Waals surface area contributed by atoms with Crippen LogP contribution in [0, 0.1) is 0 Å². The second kappa shape index (κ2) is 10.6. The normalized spacial score (nSPS) is 13.1. The maximum atomic E-state index is 2.48. The Morgan fingerprint density at radius 1 is 0.426 bits per heavy atom. The maximum absolute atomic E-state index is 2.48. The third kappa shape index (κ3) is 4.33. The number of anilines is 3. The Kier molecular flexibility index (Phi) is 6.20.